The van der Waals surface area contributed by atoms with Crippen LogP contribution in [-0.4, -0.2) is 31.2 Å². The number of rotatable bonds is 5. The van der Waals surface area contributed by atoms with Gasteiger partial charge in [-0.25, -0.2) is 9.79 Å². The molecular weight excluding hydrogens is 434 g/mol. The van der Waals surface area contributed by atoms with Gasteiger partial charge >= 0.3 is 5.97 Å². The van der Waals surface area contributed by atoms with Crippen LogP contribution in [0.15, 0.2) is 69.6 Å². The van der Waals surface area contributed by atoms with Crippen molar-refractivity contribution in [1.82, 2.24) is 4.57 Å². The smallest absolute Gasteiger partial charge is 0.338 e. The first-order chi connectivity index (χ1) is 15.8. The third-order valence-electron chi connectivity index (χ3n) is 5.62. The van der Waals surface area contributed by atoms with Crippen molar-refractivity contribution in [3.63, 3.8) is 0 Å². The highest BCUT2D eigenvalue weighted by Gasteiger charge is 2.33. The third-order valence-corrected chi connectivity index (χ3v) is 6.60. The largest absolute Gasteiger partial charge is 0.463 e. The van der Waals surface area contributed by atoms with Crippen LogP contribution in [0.25, 0.3) is 6.08 Å². The molecule has 0 aliphatic carbocycles. The van der Waals surface area contributed by atoms with Gasteiger partial charge < -0.3 is 9.64 Å². The van der Waals surface area contributed by atoms with Crippen molar-refractivity contribution < 1.29 is 9.53 Å². The zero-order valence-electron chi connectivity index (χ0n) is 19.5. The number of carbonyl (C=O) groups is 1. The van der Waals surface area contributed by atoms with Gasteiger partial charge in [-0.1, -0.05) is 53.3 Å². The van der Waals surface area contributed by atoms with E-state index in [4.69, 9.17) is 4.74 Å². The van der Waals surface area contributed by atoms with Crippen LogP contribution in [0, 0.1) is 6.92 Å². The maximum Gasteiger partial charge on any atom is 0.338 e. The van der Waals surface area contributed by atoms with E-state index in [2.05, 4.69) is 4.99 Å². The zero-order valence-corrected chi connectivity index (χ0v) is 20.3. The molecule has 0 N–H and O–H groups in total. The van der Waals surface area contributed by atoms with Crippen LogP contribution >= 0.6 is 11.3 Å². The number of carbonyl (C=O) groups excluding carboxylic acids is 1. The van der Waals surface area contributed by atoms with Gasteiger partial charge in [-0.2, -0.15) is 0 Å². The lowest BCUT2D eigenvalue weighted by atomic mass is 9.95. The standard InChI is InChI=1S/C26H27N3O3S/c1-6-32-25(31)22-17(3)27-26-29(23(22)19-11-13-20(14-12-19)28(4)5)24(30)21(33-26)15-18-9-7-16(2)8-10-18/h7-15,23H,6H2,1-5H3/b21-15-/t23-/m0/s1. The Bertz CT molecular complexity index is 1390. The second-order valence-corrected chi connectivity index (χ2v) is 9.21. The summed E-state index contributed by atoms with van der Waals surface area (Å²) in [4.78, 5) is 33.7. The summed E-state index contributed by atoms with van der Waals surface area (Å²) in [6.07, 6.45) is 1.87. The molecule has 0 bridgehead atoms. The van der Waals surface area contributed by atoms with E-state index in [0.29, 0.717) is 20.6 Å². The van der Waals surface area contributed by atoms with Gasteiger partial charge in [0.25, 0.3) is 5.56 Å². The van der Waals surface area contributed by atoms with Crippen molar-refractivity contribution in [2.45, 2.75) is 26.8 Å². The quantitative estimate of drug-likeness (QED) is 0.548. The average Bonchev–Trinajstić information content (AvgIpc) is 3.09. The number of anilines is 1. The molecule has 0 spiro atoms. The molecular formula is C26H27N3O3S. The molecule has 1 aliphatic heterocycles. The van der Waals surface area contributed by atoms with Crippen LogP contribution in [0.1, 0.15) is 36.6 Å². The Kier molecular flexibility index (Phi) is 6.33. The maximum absolute atomic E-state index is 13.6. The lowest BCUT2D eigenvalue weighted by Crippen LogP contribution is -2.39. The number of esters is 1. The van der Waals surface area contributed by atoms with Gasteiger partial charge in [0, 0.05) is 19.8 Å². The SMILES string of the molecule is CCOC(=O)C1=C(C)N=c2s/c(=C\c3ccc(C)cc3)c(=O)n2[C@H]1c1ccc(N(C)C)cc1. The molecule has 0 saturated heterocycles. The van der Waals surface area contributed by atoms with Crippen LogP contribution in [-0.2, 0) is 9.53 Å². The Balaban J connectivity index is 1.92. The van der Waals surface area contributed by atoms with Gasteiger partial charge in [0.05, 0.1) is 28.5 Å². The number of thiazole rings is 1. The number of aromatic nitrogens is 1. The number of ether oxygens (including phenoxy) is 1. The van der Waals surface area contributed by atoms with E-state index in [-0.39, 0.29) is 12.2 Å². The van der Waals surface area contributed by atoms with Gasteiger partial charge in [0.1, 0.15) is 0 Å². The van der Waals surface area contributed by atoms with Crippen LogP contribution in [0.4, 0.5) is 5.69 Å². The first-order valence-corrected chi connectivity index (χ1v) is 11.7. The second kappa shape index (κ2) is 9.19. The average molecular weight is 462 g/mol. The molecule has 33 heavy (non-hydrogen) atoms. The summed E-state index contributed by atoms with van der Waals surface area (Å²) in [7, 11) is 3.94. The molecule has 3 aromatic rings. The minimum Gasteiger partial charge on any atom is -0.463 e. The second-order valence-electron chi connectivity index (χ2n) is 8.20. The minimum absolute atomic E-state index is 0.171. The number of hydrogen-bond acceptors (Lipinski definition) is 6. The van der Waals surface area contributed by atoms with Crippen molar-refractivity contribution in [3.8, 4) is 0 Å². The Labute approximate surface area is 196 Å². The molecule has 2 heterocycles. The molecule has 0 fully saturated rings. The summed E-state index contributed by atoms with van der Waals surface area (Å²) in [5, 5.41) is 0. The van der Waals surface area contributed by atoms with Crippen LogP contribution in [0.2, 0.25) is 0 Å². The third kappa shape index (κ3) is 4.41. The highest BCUT2D eigenvalue weighted by Crippen LogP contribution is 2.31. The molecule has 7 heteroatoms. The summed E-state index contributed by atoms with van der Waals surface area (Å²) in [6, 6.07) is 15.3. The fraction of sp³-hybridized carbons (Fsp3) is 0.269. The lowest BCUT2D eigenvalue weighted by molar-refractivity contribution is -0.139. The van der Waals surface area contributed by atoms with E-state index < -0.39 is 12.0 Å². The Morgan fingerprint density at radius 1 is 1.12 bits per heavy atom. The number of hydrogen-bond donors (Lipinski definition) is 0. The predicted octanol–water partition coefficient (Wildman–Crippen LogP) is 3.17. The van der Waals surface area contributed by atoms with Crippen LogP contribution in [0.3, 0.4) is 0 Å². The molecule has 1 atom stereocenters. The summed E-state index contributed by atoms with van der Waals surface area (Å²) in [5.74, 6) is -0.451. The zero-order chi connectivity index (χ0) is 23.7. The molecule has 1 aromatic heterocycles. The molecule has 170 valence electrons. The van der Waals surface area contributed by atoms with E-state index >= 15 is 0 Å². The Morgan fingerprint density at radius 3 is 2.39 bits per heavy atom. The normalized spacial score (nSPS) is 15.8. The summed E-state index contributed by atoms with van der Waals surface area (Å²) in [6.45, 7) is 5.84. The molecule has 0 saturated carbocycles. The highest BCUT2D eigenvalue weighted by molar-refractivity contribution is 7.07. The predicted molar refractivity (Wildman–Crippen MR) is 132 cm³/mol. The van der Waals surface area contributed by atoms with Gasteiger partial charge in [-0.05, 0) is 50.1 Å². The number of aryl methyl sites for hydroxylation is 1. The first-order valence-electron chi connectivity index (χ1n) is 10.8. The van der Waals surface area contributed by atoms with Crippen molar-refractivity contribution in [1.29, 1.82) is 0 Å². The number of allylic oxidation sites excluding steroid dienone is 1. The summed E-state index contributed by atoms with van der Waals surface area (Å²) in [5.41, 5.74) is 4.76. The number of fused-ring (bicyclic) bond motifs is 1. The summed E-state index contributed by atoms with van der Waals surface area (Å²) >= 11 is 1.33. The van der Waals surface area contributed by atoms with E-state index in [9.17, 15) is 9.59 Å². The molecule has 6 nitrogen and oxygen atoms in total. The van der Waals surface area contributed by atoms with Crippen molar-refractivity contribution in [2.75, 3.05) is 25.6 Å². The first kappa shape index (κ1) is 22.7. The van der Waals surface area contributed by atoms with Crippen LogP contribution < -0.4 is 19.8 Å². The van der Waals surface area contributed by atoms with E-state index in [0.717, 1.165) is 22.4 Å². The van der Waals surface area contributed by atoms with Gasteiger partial charge in [-0.3, -0.25) is 9.36 Å². The topological polar surface area (TPSA) is 63.9 Å². The number of nitrogens with zero attached hydrogens (tertiary/aromatic N) is 3. The van der Waals surface area contributed by atoms with E-state index in [1.54, 1.807) is 18.4 Å². The van der Waals surface area contributed by atoms with Gasteiger partial charge in [-0.15, -0.1) is 0 Å². The van der Waals surface area contributed by atoms with E-state index in [1.165, 1.54) is 11.3 Å². The highest BCUT2D eigenvalue weighted by atomic mass is 32.1. The molecule has 1 aliphatic rings. The fourth-order valence-electron chi connectivity index (χ4n) is 3.88. The maximum atomic E-state index is 13.6. The number of benzene rings is 2. The van der Waals surface area contributed by atoms with Crippen molar-refractivity contribution >= 4 is 29.1 Å². The lowest BCUT2D eigenvalue weighted by Gasteiger charge is -2.25. The molecule has 2 aromatic carbocycles. The monoisotopic (exact) mass is 461 g/mol. The Hall–Kier alpha value is -3.45. The Morgan fingerprint density at radius 2 is 1.79 bits per heavy atom. The van der Waals surface area contributed by atoms with E-state index in [1.807, 2.05) is 80.5 Å². The van der Waals surface area contributed by atoms with Crippen molar-refractivity contribution in [2.24, 2.45) is 4.99 Å². The van der Waals surface area contributed by atoms with Crippen LogP contribution in [0.5, 0.6) is 0 Å². The van der Waals surface area contributed by atoms with Crippen molar-refractivity contribution in [3.05, 3.63) is 96.2 Å². The molecule has 0 radical (unpaired) electrons. The van der Waals surface area contributed by atoms with Gasteiger partial charge in [0.2, 0.25) is 0 Å². The van der Waals surface area contributed by atoms with Gasteiger partial charge in [0.15, 0.2) is 4.80 Å². The fourth-order valence-corrected chi connectivity index (χ4v) is 4.92. The molecule has 0 unspecified atom stereocenters. The minimum atomic E-state index is -0.600. The molecule has 4 rings (SSSR count). The summed E-state index contributed by atoms with van der Waals surface area (Å²) < 4.78 is 7.54. The molecule has 0 amide bonds.